The minimum absolute atomic E-state index is 0.643. The van der Waals surface area contributed by atoms with Crippen molar-refractivity contribution in [3.63, 3.8) is 0 Å². The zero-order valence-corrected chi connectivity index (χ0v) is 9.05. The number of aldehydes is 1. The van der Waals surface area contributed by atoms with Crippen LogP contribution in [0.3, 0.4) is 0 Å². The highest BCUT2D eigenvalue weighted by molar-refractivity contribution is 5.51. The number of hydrogen-bond donors (Lipinski definition) is 0. The Morgan fingerprint density at radius 1 is 1.14 bits per heavy atom. The van der Waals surface area contributed by atoms with E-state index in [0.29, 0.717) is 6.42 Å². The molecule has 0 heterocycles. The van der Waals surface area contributed by atoms with Crippen molar-refractivity contribution in [2.75, 3.05) is 0 Å². The van der Waals surface area contributed by atoms with Gasteiger partial charge in [-0.1, -0.05) is 32.0 Å². The van der Waals surface area contributed by atoms with Crippen LogP contribution in [0.1, 0.15) is 37.0 Å². The lowest BCUT2D eigenvalue weighted by Gasteiger charge is -2.11. The van der Waals surface area contributed by atoms with Crippen molar-refractivity contribution in [1.82, 2.24) is 0 Å². The van der Waals surface area contributed by atoms with Crippen molar-refractivity contribution in [3.05, 3.63) is 34.9 Å². The second kappa shape index (κ2) is 5.58. The first-order chi connectivity index (χ1) is 6.83. The topological polar surface area (TPSA) is 17.1 Å². The fourth-order valence-corrected chi connectivity index (χ4v) is 1.87. The molecule has 1 aromatic rings. The predicted molar refractivity (Wildman–Crippen MR) is 59.6 cm³/mol. The number of benzene rings is 1. The third kappa shape index (κ3) is 2.44. The standard InChI is InChI=1S/C13H18O/c1-3-11-7-5-8-12(4-2)13(11)9-6-10-14/h5,7-8,10H,3-4,6,9H2,1-2H3. The van der Waals surface area contributed by atoms with Gasteiger partial charge in [0.25, 0.3) is 0 Å². The molecule has 0 fully saturated rings. The number of rotatable bonds is 5. The summed E-state index contributed by atoms with van der Waals surface area (Å²) in [5.74, 6) is 0. The molecule has 0 aliphatic heterocycles. The average molecular weight is 190 g/mol. The fraction of sp³-hybridized carbons (Fsp3) is 0.462. The average Bonchev–Trinajstić information content (AvgIpc) is 2.25. The molecule has 1 rings (SSSR count). The maximum Gasteiger partial charge on any atom is 0.120 e. The van der Waals surface area contributed by atoms with Crippen LogP contribution in [0.25, 0.3) is 0 Å². The van der Waals surface area contributed by atoms with Gasteiger partial charge in [-0.15, -0.1) is 0 Å². The molecule has 0 saturated carbocycles. The number of carbonyl (C=O) groups is 1. The first-order valence-corrected chi connectivity index (χ1v) is 5.36. The molecule has 14 heavy (non-hydrogen) atoms. The van der Waals surface area contributed by atoms with E-state index in [1.807, 2.05) is 0 Å². The van der Waals surface area contributed by atoms with Gasteiger partial charge < -0.3 is 4.79 Å². The summed E-state index contributed by atoms with van der Waals surface area (Å²) in [6, 6.07) is 6.45. The van der Waals surface area contributed by atoms with E-state index in [1.165, 1.54) is 16.7 Å². The van der Waals surface area contributed by atoms with Gasteiger partial charge in [-0.05, 0) is 36.0 Å². The van der Waals surface area contributed by atoms with Crippen molar-refractivity contribution in [2.45, 2.75) is 39.5 Å². The van der Waals surface area contributed by atoms with Gasteiger partial charge in [0.05, 0.1) is 0 Å². The fourth-order valence-electron chi connectivity index (χ4n) is 1.87. The predicted octanol–water partition coefficient (Wildman–Crippen LogP) is 2.94. The van der Waals surface area contributed by atoms with Gasteiger partial charge in [-0.3, -0.25) is 0 Å². The highest BCUT2D eigenvalue weighted by Gasteiger charge is 2.04. The van der Waals surface area contributed by atoms with Crippen LogP contribution < -0.4 is 0 Å². The molecule has 0 atom stereocenters. The minimum Gasteiger partial charge on any atom is -0.303 e. The molecule has 0 aliphatic carbocycles. The van der Waals surface area contributed by atoms with E-state index in [1.54, 1.807) is 0 Å². The highest BCUT2D eigenvalue weighted by atomic mass is 16.1. The van der Waals surface area contributed by atoms with Crippen LogP contribution in [0.5, 0.6) is 0 Å². The van der Waals surface area contributed by atoms with Crippen molar-refractivity contribution in [1.29, 1.82) is 0 Å². The van der Waals surface area contributed by atoms with Gasteiger partial charge in [-0.25, -0.2) is 0 Å². The maximum atomic E-state index is 10.4. The number of hydrogen-bond acceptors (Lipinski definition) is 1. The molecule has 1 heteroatoms. The van der Waals surface area contributed by atoms with Crippen LogP contribution in [0, 0.1) is 0 Å². The van der Waals surface area contributed by atoms with Crippen molar-refractivity contribution in [2.24, 2.45) is 0 Å². The zero-order valence-electron chi connectivity index (χ0n) is 9.05. The first-order valence-electron chi connectivity index (χ1n) is 5.36. The van der Waals surface area contributed by atoms with E-state index in [9.17, 15) is 4.79 Å². The van der Waals surface area contributed by atoms with Gasteiger partial charge in [0.2, 0.25) is 0 Å². The molecule has 1 aromatic carbocycles. The molecule has 0 aromatic heterocycles. The van der Waals surface area contributed by atoms with Crippen molar-refractivity contribution >= 4 is 6.29 Å². The van der Waals surface area contributed by atoms with Crippen LogP contribution in [-0.2, 0) is 24.1 Å². The molecule has 0 spiro atoms. The summed E-state index contributed by atoms with van der Waals surface area (Å²) in [7, 11) is 0. The molecule has 0 radical (unpaired) electrons. The minimum atomic E-state index is 0.643. The molecule has 0 unspecified atom stereocenters. The largest absolute Gasteiger partial charge is 0.303 e. The Morgan fingerprint density at radius 2 is 1.71 bits per heavy atom. The summed E-state index contributed by atoms with van der Waals surface area (Å²) < 4.78 is 0. The summed E-state index contributed by atoms with van der Waals surface area (Å²) in [6.45, 7) is 4.33. The van der Waals surface area contributed by atoms with E-state index in [0.717, 1.165) is 25.5 Å². The maximum absolute atomic E-state index is 10.4. The molecule has 0 bridgehead atoms. The molecule has 0 saturated heterocycles. The number of aryl methyl sites for hydroxylation is 2. The van der Waals surface area contributed by atoms with E-state index < -0.39 is 0 Å². The van der Waals surface area contributed by atoms with Gasteiger partial charge in [0, 0.05) is 6.42 Å². The van der Waals surface area contributed by atoms with Gasteiger partial charge in [0.1, 0.15) is 6.29 Å². The summed E-state index contributed by atoms with van der Waals surface area (Å²) in [6.07, 6.45) is 4.66. The monoisotopic (exact) mass is 190 g/mol. The lowest BCUT2D eigenvalue weighted by molar-refractivity contribution is -0.107. The second-order valence-electron chi connectivity index (χ2n) is 3.47. The van der Waals surface area contributed by atoms with Gasteiger partial charge >= 0.3 is 0 Å². The van der Waals surface area contributed by atoms with E-state index >= 15 is 0 Å². The molecular formula is C13H18O. The van der Waals surface area contributed by atoms with E-state index in [-0.39, 0.29) is 0 Å². The smallest absolute Gasteiger partial charge is 0.120 e. The van der Waals surface area contributed by atoms with E-state index in [4.69, 9.17) is 0 Å². The van der Waals surface area contributed by atoms with Crippen LogP contribution >= 0.6 is 0 Å². The Balaban J connectivity index is 2.99. The Bertz CT molecular complexity index is 280. The molecular weight excluding hydrogens is 172 g/mol. The van der Waals surface area contributed by atoms with E-state index in [2.05, 4.69) is 32.0 Å². The van der Waals surface area contributed by atoms with Crippen LogP contribution in [0.2, 0.25) is 0 Å². The Kier molecular flexibility index (Phi) is 4.37. The summed E-state index contributed by atoms with van der Waals surface area (Å²) >= 11 is 0. The normalized spacial score (nSPS) is 10.1. The third-order valence-corrected chi connectivity index (χ3v) is 2.64. The Labute approximate surface area is 86.1 Å². The van der Waals surface area contributed by atoms with Crippen molar-refractivity contribution < 1.29 is 4.79 Å². The quantitative estimate of drug-likeness (QED) is 0.652. The van der Waals surface area contributed by atoms with Crippen LogP contribution in [0.15, 0.2) is 18.2 Å². The lowest BCUT2D eigenvalue weighted by atomic mass is 9.94. The van der Waals surface area contributed by atoms with Gasteiger partial charge in [-0.2, -0.15) is 0 Å². The van der Waals surface area contributed by atoms with Crippen molar-refractivity contribution in [3.8, 4) is 0 Å². The SMILES string of the molecule is CCc1cccc(CC)c1CCC=O. The Morgan fingerprint density at radius 3 is 2.14 bits per heavy atom. The zero-order chi connectivity index (χ0) is 10.4. The molecule has 0 N–H and O–H groups in total. The number of carbonyl (C=O) groups excluding carboxylic acids is 1. The highest BCUT2D eigenvalue weighted by Crippen LogP contribution is 2.17. The Hall–Kier alpha value is -1.11. The lowest BCUT2D eigenvalue weighted by Crippen LogP contribution is -1.99. The van der Waals surface area contributed by atoms with Gasteiger partial charge in [0.15, 0.2) is 0 Å². The van der Waals surface area contributed by atoms with Crippen LogP contribution in [-0.4, -0.2) is 6.29 Å². The molecule has 1 nitrogen and oxygen atoms in total. The molecule has 0 aliphatic rings. The summed E-state index contributed by atoms with van der Waals surface area (Å²) in [4.78, 5) is 10.4. The molecule has 0 amide bonds. The third-order valence-electron chi connectivity index (χ3n) is 2.64. The summed E-state index contributed by atoms with van der Waals surface area (Å²) in [5.41, 5.74) is 4.18. The first kappa shape index (κ1) is 11.0. The van der Waals surface area contributed by atoms with Crippen LogP contribution in [0.4, 0.5) is 0 Å². The molecule has 76 valence electrons. The summed E-state index contributed by atoms with van der Waals surface area (Å²) in [5, 5.41) is 0. The second-order valence-corrected chi connectivity index (χ2v) is 3.47.